The second-order valence-electron chi connectivity index (χ2n) is 9.26. The Morgan fingerprint density at radius 3 is 2.47 bits per heavy atom. The molecule has 34 heavy (non-hydrogen) atoms. The molecule has 6 nitrogen and oxygen atoms in total. The molecule has 1 saturated heterocycles. The number of amides is 1. The molecule has 2 aromatic rings. The van der Waals surface area contributed by atoms with Gasteiger partial charge in [0.1, 0.15) is 17.3 Å². The average Bonchev–Trinajstić information content (AvgIpc) is 3.44. The molecular formula is C28H33NO5. The van der Waals surface area contributed by atoms with Crippen molar-refractivity contribution in [1.29, 1.82) is 0 Å². The van der Waals surface area contributed by atoms with E-state index < -0.39 is 17.7 Å². The molecule has 6 heteroatoms. The number of Topliss-reactive ketones (excluding diaryl/α,β-unsaturated/α-hetero) is 1. The van der Waals surface area contributed by atoms with Gasteiger partial charge in [0.2, 0.25) is 0 Å². The molecule has 2 fully saturated rings. The Labute approximate surface area is 201 Å². The first-order valence-electron chi connectivity index (χ1n) is 12.2. The van der Waals surface area contributed by atoms with Crippen molar-refractivity contribution in [3.05, 3.63) is 65.2 Å². The molecule has 1 aliphatic heterocycles. The lowest BCUT2D eigenvalue weighted by atomic mass is 9.94. The van der Waals surface area contributed by atoms with E-state index in [1.165, 1.54) is 0 Å². The lowest BCUT2D eigenvalue weighted by Gasteiger charge is -2.31. The fourth-order valence-corrected chi connectivity index (χ4v) is 4.88. The highest BCUT2D eigenvalue weighted by atomic mass is 16.5. The molecule has 2 aromatic carbocycles. The molecule has 1 heterocycles. The minimum Gasteiger partial charge on any atom is -0.507 e. The van der Waals surface area contributed by atoms with Gasteiger partial charge in [-0.3, -0.25) is 9.59 Å². The summed E-state index contributed by atoms with van der Waals surface area (Å²) in [5.74, 6) is -0.100. The van der Waals surface area contributed by atoms with Gasteiger partial charge in [0, 0.05) is 11.6 Å². The second-order valence-corrected chi connectivity index (χ2v) is 9.26. The standard InChI is InChI=1S/C28H33NO5/c1-4-15-33-22-13-8-10-20(17-22)26(30)24-25(19-9-7-14-23(16-19)34-18(2)3)29(28(32)27(24)31)21-11-5-6-12-21/h7-10,13-14,16-18,21,25,30H,4-6,11-12,15H2,1-3H3/b26-24-. The Bertz CT molecular complexity index is 1080. The van der Waals surface area contributed by atoms with E-state index in [1.54, 1.807) is 23.1 Å². The predicted molar refractivity (Wildman–Crippen MR) is 131 cm³/mol. The summed E-state index contributed by atoms with van der Waals surface area (Å²) in [4.78, 5) is 28.3. The summed E-state index contributed by atoms with van der Waals surface area (Å²) in [6.07, 6.45) is 4.60. The van der Waals surface area contributed by atoms with Crippen LogP contribution in [0.3, 0.4) is 0 Å². The normalized spacial score (nSPS) is 20.4. The maximum absolute atomic E-state index is 13.3. The number of ketones is 1. The molecule has 2 aliphatic rings. The molecule has 0 spiro atoms. The topological polar surface area (TPSA) is 76.1 Å². The highest BCUT2D eigenvalue weighted by Gasteiger charge is 2.49. The average molecular weight is 464 g/mol. The lowest BCUT2D eigenvalue weighted by molar-refractivity contribution is -0.141. The van der Waals surface area contributed by atoms with Gasteiger partial charge in [0.25, 0.3) is 11.7 Å². The van der Waals surface area contributed by atoms with Crippen molar-refractivity contribution in [3.63, 3.8) is 0 Å². The molecule has 0 radical (unpaired) electrons. The molecule has 1 unspecified atom stereocenters. The molecule has 1 N–H and O–H groups in total. The number of rotatable bonds is 8. The number of benzene rings is 2. The second kappa shape index (κ2) is 10.3. The number of carbonyl (C=O) groups is 2. The highest BCUT2D eigenvalue weighted by Crippen LogP contribution is 2.44. The van der Waals surface area contributed by atoms with E-state index in [0.29, 0.717) is 23.7 Å². The molecule has 1 amide bonds. The zero-order chi connectivity index (χ0) is 24.2. The number of hydrogen-bond acceptors (Lipinski definition) is 5. The Morgan fingerprint density at radius 2 is 1.76 bits per heavy atom. The molecule has 1 atom stereocenters. The van der Waals surface area contributed by atoms with Gasteiger partial charge in [-0.15, -0.1) is 0 Å². The van der Waals surface area contributed by atoms with Crippen molar-refractivity contribution in [1.82, 2.24) is 4.90 Å². The van der Waals surface area contributed by atoms with Gasteiger partial charge >= 0.3 is 0 Å². The third-order valence-corrected chi connectivity index (χ3v) is 6.32. The quantitative estimate of drug-likeness (QED) is 0.312. The maximum atomic E-state index is 13.3. The third-order valence-electron chi connectivity index (χ3n) is 6.32. The first-order chi connectivity index (χ1) is 16.4. The third kappa shape index (κ3) is 4.81. The fraction of sp³-hybridized carbons (Fsp3) is 0.429. The Kier molecular flexibility index (Phi) is 7.25. The maximum Gasteiger partial charge on any atom is 0.295 e. The van der Waals surface area contributed by atoms with E-state index in [1.807, 2.05) is 51.1 Å². The van der Waals surface area contributed by atoms with Crippen molar-refractivity contribution in [2.75, 3.05) is 6.61 Å². The molecule has 4 rings (SSSR count). The first kappa shape index (κ1) is 23.9. The van der Waals surface area contributed by atoms with Crippen LogP contribution in [0.1, 0.15) is 70.0 Å². The van der Waals surface area contributed by atoms with Gasteiger partial charge in [-0.1, -0.05) is 44.0 Å². The Balaban J connectivity index is 1.82. The van der Waals surface area contributed by atoms with Crippen LogP contribution in [0.4, 0.5) is 0 Å². The van der Waals surface area contributed by atoms with E-state index >= 15 is 0 Å². The van der Waals surface area contributed by atoms with E-state index in [0.717, 1.165) is 37.7 Å². The van der Waals surface area contributed by atoms with Crippen LogP contribution >= 0.6 is 0 Å². The largest absolute Gasteiger partial charge is 0.507 e. The number of aliphatic hydroxyl groups is 1. The van der Waals surface area contributed by atoms with Crippen LogP contribution in [0.25, 0.3) is 5.76 Å². The summed E-state index contributed by atoms with van der Waals surface area (Å²) in [5.41, 5.74) is 1.33. The summed E-state index contributed by atoms with van der Waals surface area (Å²) in [6, 6.07) is 13.8. The smallest absolute Gasteiger partial charge is 0.295 e. The highest BCUT2D eigenvalue weighted by molar-refractivity contribution is 6.46. The van der Waals surface area contributed by atoms with Gasteiger partial charge in [0.05, 0.1) is 24.3 Å². The number of nitrogens with zero attached hydrogens (tertiary/aromatic N) is 1. The molecule has 0 aromatic heterocycles. The summed E-state index contributed by atoms with van der Waals surface area (Å²) in [6.45, 7) is 6.47. The predicted octanol–water partition coefficient (Wildman–Crippen LogP) is 5.63. The van der Waals surface area contributed by atoms with Gasteiger partial charge in [0.15, 0.2) is 0 Å². The van der Waals surface area contributed by atoms with Crippen LogP contribution < -0.4 is 9.47 Å². The van der Waals surface area contributed by atoms with Crippen molar-refractivity contribution in [2.45, 2.75) is 71.1 Å². The van der Waals surface area contributed by atoms with Gasteiger partial charge < -0.3 is 19.5 Å². The summed E-state index contributed by atoms with van der Waals surface area (Å²) >= 11 is 0. The van der Waals surface area contributed by atoms with Crippen molar-refractivity contribution in [3.8, 4) is 11.5 Å². The van der Waals surface area contributed by atoms with Crippen molar-refractivity contribution < 1.29 is 24.2 Å². The Hall–Kier alpha value is -3.28. The summed E-state index contributed by atoms with van der Waals surface area (Å²) in [5, 5.41) is 11.4. The van der Waals surface area contributed by atoms with E-state index in [-0.39, 0.29) is 23.5 Å². The van der Waals surface area contributed by atoms with Crippen molar-refractivity contribution >= 4 is 17.4 Å². The number of hydrogen-bond donors (Lipinski definition) is 1. The van der Waals surface area contributed by atoms with Crippen LogP contribution in [0.2, 0.25) is 0 Å². The first-order valence-corrected chi connectivity index (χ1v) is 12.2. The SMILES string of the molecule is CCCOc1cccc(/C(O)=C2/C(=O)C(=O)N(C3CCCC3)C2c2cccc(OC(C)C)c2)c1. The Morgan fingerprint density at radius 1 is 1.06 bits per heavy atom. The van der Waals surface area contributed by atoms with Gasteiger partial charge in [-0.2, -0.15) is 0 Å². The zero-order valence-corrected chi connectivity index (χ0v) is 20.1. The lowest BCUT2D eigenvalue weighted by Crippen LogP contribution is -2.37. The number of aliphatic hydroxyl groups excluding tert-OH is 1. The van der Waals surface area contributed by atoms with Crippen LogP contribution in [-0.4, -0.2) is 40.4 Å². The molecule has 0 bridgehead atoms. The molecule has 1 saturated carbocycles. The van der Waals surface area contributed by atoms with Gasteiger partial charge in [-0.25, -0.2) is 0 Å². The summed E-state index contributed by atoms with van der Waals surface area (Å²) in [7, 11) is 0. The van der Waals surface area contributed by atoms with E-state index in [9.17, 15) is 14.7 Å². The minimum absolute atomic E-state index is 0.0118. The van der Waals surface area contributed by atoms with Crippen LogP contribution in [0.15, 0.2) is 54.1 Å². The minimum atomic E-state index is -0.668. The number of ether oxygens (including phenoxy) is 2. The molecule has 180 valence electrons. The molecular weight excluding hydrogens is 430 g/mol. The number of likely N-dealkylation sites (tertiary alicyclic amines) is 1. The summed E-state index contributed by atoms with van der Waals surface area (Å²) < 4.78 is 11.6. The number of carbonyl (C=O) groups excluding carboxylic acids is 2. The van der Waals surface area contributed by atoms with Crippen LogP contribution in [-0.2, 0) is 9.59 Å². The van der Waals surface area contributed by atoms with E-state index in [4.69, 9.17) is 9.47 Å². The zero-order valence-electron chi connectivity index (χ0n) is 20.1. The monoisotopic (exact) mass is 463 g/mol. The fourth-order valence-electron chi connectivity index (χ4n) is 4.88. The van der Waals surface area contributed by atoms with Crippen LogP contribution in [0.5, 0.6) is 11.5 Å². The van der Waals surface area contributed by atoms with Crippen LogP contribution in [0, 0.1) is 0 Å². The van der Waals surface area contributed by atoms with Gasteiger partial charge in [-0.05, 0) is 62.9 Å². The van der Waals surface area contributed by atoms with Crippen molar-refractivity contribution in [2.24, 2.45) is 0 Å². The van der Waals surface area contributed by atoms with E-state index in [2.05, 4.69) is 0 Å². The molecule has 1 aliphatic carbocycles.